The first-order valence-electron chi connectivity index (χ1n) is 5.92. The maximum Gasteiger partial charge on any atom is 0.328 e. The Morgan fingerprint density at radius 2 is 2.24 bits per heavy atom. The lowest BCUT2D eigenvalue weighted by atomic mass is 10.1. The molecule has 0 fully saturated rings. The number of H-pyrrole nitrogens is 1. The van der Waals surface area contributed by atoms with Gasteiger partial charge >= 0.3 is 5.97 Å². The molecule has 0 aliphatic rings. The van der Waals surface area contributed by atoms with Gasteiger partial charge in [0.05, 0.1) is 0 Å². The molecule has 0 amide bonds. The number of thioether (sulfide) groups is 1. The van der Waals surface area contributed by atoms with Gasteiger partial charge in [0.2, 0.25) is 0 Å². The van der Waals surface area contributed by atoms with Crippen LogP contribution in [0.5, 0.6) is 0 Å². The Kier molecular flexibility index (Phi) is 4.89. The summed E-state index contributed by atoms with van der Waals surface area (Å²) in [5.41, 5.74) is 0.964. The van der Waals surface area contributed by atoms with Crippen molar-refractivity contribution in [1.82, 2.24) is 9.97 Å². The first-order chi connectivity index (χ1) is 10.0. The van der Waals surface area contributed by atoms with Crippen molar-refractivity contribution in [2.45, 2.75) is 10.9 Å². The van der Waals surface area contributed by atoms with Crippen LogP contribution in [0.25, 0.3) is 6.08 Å². The van der Waals surface area contributed by atoms with Gasteiger partial charge in [-0.1, -0.05) is 17.8 Å². The van der Waals surface area contributed by atoms with Gasteiger partial charge in [-0.05, 0) is 29.3 Å². The standard InChI is InChI=1S/C14H11FN2O3S/c15-11-3-1-10(9(7-11)2-4-13(19)20)8-21-14-16-6-5-12(18)17-14/h1-7H,8H2,(H,19,20)(H,16,17,18). The van der Waals surface area contributed by atoms with E-state index in [2.05, 4.69) is 9.97 Å². The zero-order valence-corrected chi connectivity index (χ0v) is 11.6. The Balaban J connectivity index is 2.19. The number of rotatable bonds is 5. The van der Waals surface area contributed by atoms with Crippen molar-refractivity contribution in [2.24, 2.45) is 0 Å². The lowest BCUT2D eigenvalue weighted by molar-refractivity contribution is -0.131. The number of aromatic amines is 1. The molecule has 0 aliphatic heterocycles. The number of nitrogens with zero attached hydrogens (tertiary/aromatic N) is 1. The van der Waals surface area contributed by atoms with E-state index in [1.807, 2.05) is 0 Å². The van der Waals surface area contributed by atoms with Crippen LogP contribution in [0, 0.1) is 5.82 Å². The smallest absolute Gasteiger partial charge is 0.328 e. The normalized spacial score (nSPS) is 10.9. The summed E-state index contributed by atoms with van der Waals surface area (Å²) in [5.74, 6) is -1.13. The fourth-order valence-corrected chi connectivity index (χ4v) is 2.45. The number of carboxylic acids is 1. The lowest BCUT2D eigenvalue weighted by Crippen LogP contribution is -2.05. The van der Waals surface area contributed by atoms with Crippen LogP contribution in [0.2, 0.25) is 0 Å². The zero-order valence-electron chi connectivity index (χ0n) is 10.7. The van der Waals surface area contributed by atoms with Crippen molar-refractivity contribution in [3.63, 3.8) is 0 Å². The second kappa shape index (κ2) is 6.85. The van der Waals surface area contributed by atoms with Gasteiger partial charge in [0.25, 0.3) is 5.56 Å². The Bertz CT molecular complexity index is 743. The van der Waals surface area contributed by atoms with Crippen LogP contribution in [0.1, 0.15) is 11.1 Å². The number of hydrogen-bond acceptors (Lipinski definition) is 4. The van der Waals surface area contributed by atoms with Crippen molar-refractivity contribution in [2.75, 3.05) is 0 Å². The average Bonchev–Trinajstić information content (AvgIpc) is 2.44. The van der Waals surface area contributed by atoms with E-state index in [1.165, 1.54) is 42.2 Å². The van der Waals surface area contributed by atoms with Crippen molar-refractivity contribution < 1.29 is 14.3 Å². The predicted molar refractivity (Wildman–Crippen MR) is 77.5 cm³/mol. The number of aromatic nitrogens is 2. The van der Waals surface area contributed by atoms with Gasteiger partial charge in [0.15, 0.2) is 5.16 Å². The molecule has 0 atom stereocenters. The third kappa shape index (κ3) is 4.57. The third-order valence-corrected chi connectivity index (χ3v) is 3.46. The summed E-state index contributed by atoms with van der Waals surface area (Å²) in [6.45, 7) is 0. The highest BCUT2D eigenvalue weighted by molar-refractivity contribution is 7.98. The molecule has 2 N–H and O–H groups in total. The number of aliphatic carboxylic acids is 1. The number of carboxylic acid groups (broad SMARTS) is 1. The van der Waals surface area contributed by atoms with E-state index >= 15 is 0 Å². The first-order valence-corrected chi connectivity index (χ1v) is 6.91. The molecule has 2 aromatic rings. The minimum atomic E-state index is -1.10. The fourth-order valence-electron chi connectivity index (χ4n) is 1.58. The maximum atomic E-state index is 13.2. The number of halogens is 1. The summed E-state index contributed by atoms with van der Waals surface area (Å²) in [6.07, 6.45) is 3.69. The van der Waals surface area contributed by atoms with Crippen LogP contribution < -0.4 is 5.56 Å². The molecule has 0 bridgehead atoms. The molecule has 1 aromatic heterocycles. The van der Waals surface area contributed by atoms with E-state index in [-0.39, 0.29) is 5.56 Å². The van der Waals surface area contributed by atoms with Crippen LogP contribution in [-0.2, 0) is 10.5 Å². The molecule has 0 spiro atoms. The number of carbonyl (C=O) groups is 1. The molecule has 0 aliphatic carbocycles. The Morgan fingerprint density at radius 1 is 1.43 bits per heavy atom. The minimum Gasteiger partial charge on any atom is -0.478 e. The molecule has 2 rings (SSSR count). The summed E-state index contributed by atoms with van der Waals surface area (Å²) in [7, 11) is 0. The molecule has 21 heavy (non-hydrogen) atoms. The zero-order chi connectivity index (χ0) is 15.2. The summed E-state index contributed by atoms with van der Waals surface area (Å²) in [6, 6.07) is 5.44. The van der Waals surface area contributed by atoms with E-state index in [1.54, 1.807) is 6.07 Å². The summed E-state index contributed by atoms with van der Waals surface area (Å²) >= 11 is 1.27. The Labute approximate surface area is 123 Å². The first kappa shape index (κ1) is 15.0. The minimum absolute atomic E-state index is 0.252. The van der Waals surface area contributed by atoms with Gasteiger partial charge < -0.3 is 10.1 Å². The van der Waals surface area contributed by atoms with E-state index in [0.717, 1.165) is 11.6 Å². The highest BCUT2D eigenvalue weighted by Crippen LogP contribution is 2.22. The van der Waals surface area contributed by atoms with Gasteiger partial charge in [-0.3, -0.25) is 4.79 Å². The summed E-state index contributed by atoms with van der Waals surface area (Å²) in [4.78, 5) is 28.3. The fraction of sp³-hybridized carbons (Fsp3) is 0.0714. The second-order valence-electron chi connectivity index (χ2n) is 4.04. The highest BCUT2D eigenvalue weighted by atomic mass is 32.2. The van der Waals surface area contributed by atoms with Crippen LogP contribution in [0.15, 0.2) is 46.5 Å². The average molecular weight is 306 g/mol. The summed E-state index contributed by atoms with van der Waals surface area (Å²) in [5, 5.41) is 9.08. The summed E-state index contributed by atoms with van der Waals surface area (Å²) < 4.78 is 13.2. The molecule has 0 radical (unpaired) electrons. The SMILES string of the molecule is O=C(O)C=Cc1cc(F)ccc1CSc1nccc(=O)[nH]1. The van der Waals surface area contributed by atoms with Gasteiger partial charge in [-0.25, -0.2) is 14.2 Å². The third-order valence-electron chi connectivity index (χ3n) is 2.53. The topological polar surface area (TPSA) is 83.0 Å². The van der Waals surface area contributed by atoms with Crippen LogP contribution in [0.3, 0.4) is 0 Å². The van der Waals surface area contributed by atoms with Crippen LogP contribution in [0.4, 0.5) is 4.39 Å². The quantitative estimate of drug-likeness (QED) is 0.503. The number of nitrogens with one attached hydrogen (secondary N) is 1. The second-order valence-corrected chi connectivity index (χ2v) is 5.01. The molecule has 0 unspecified atom stereocenters. The highest BCUT2D eigenvalue weighted by Gasteiger charge is 2.05. The molecule has 108 valence electrons. The molecular formula is C14H11FN2O3S. The van der Waals surface area contributed by atoms with Gasteiger partial charge in [-0.2, -0.15) is 0 Å². The molecule has 1 heterocycles. The van der Waals surface area contributed by atoms with Gasteiger partial charge in [0.1, 0.15) is 5.82 Å². The number of benzene rings is 1. The van der Waals surface area contributed by atoms with Crippen LogP contribution in [-0.4, -0.2) is 21.0 Å². The molecular weight excluding hydrogens is 295 g/mol. The monoisotopic (exact) mass is 306 g/mol. The Morgan fingerprint density at radius 3 is 2.95 bits per heavy atom. The van der Waals surface area contributed by atoms with E-state index in [4.69, 9.17) is 5.11 Å². The number of hydrogen-bond donors (Lipinski definition) is 2. The van der Waals surface area contributed by atoms with Crippen molar-refractivity contribution in [1.29, 1.82) is 0 Å². The van der Waals surface area contributed by atoms with E-state index in [9.17, 15) is 14.0 Å². The maximum absolute atomic E-state index is 13.2. The largest absolute Gasteiger partial charge is 0.478 e. The molecule has 7 heteroatoms. The van der Waals surface area contributed by atoms with Crippen molar-refractivity contribution in [3.8, 4) is 0 Å². The molecule has 0 saturated heterocycles. The predicted octanol–water partition coefficient (Wildman–Crippen LogP) is 2.30. The van der Waals surface area contributed by atoms with Gasteiger partial charge in [-0.15, -0.1) is 0 Å². The van der Waals surface area contributed by atoms with Crippen molar-refractivity contribution in [3.05, 3.63) is 63.8 Å². The molecule has 1 aromatic carbocycles. The van der Waals surface area contributed by atoms with E-state index < -0.39 is 11.8 Å². The molecule has 0 saturated carbocycles. The Hall–Kier alpha value is -2.41. The van der Waals surface area contributed by atoms with Crippen LogP contribution >= 0.6 is 11.8 Å². The van der Waals surface area contributed by atoms with Gasteiger partial charge in [0, 0.05) is 24.1 Å². The molecule has 5 nitrogen and oxygen atoms in total. The van der Waals surface area contributed by atoms with Crippen molar-refractivity contribution >= 4 is 23.8 Å². The lowest BCUT2D eigenvalue weighted by Gasteiger charge is -2.05. The van der Waals surface area contributed by atoms with E-state index in [0.29, 0.717) is 16.5 Å².